The van der Waals surface area contributed by atoms with Gasteiger partial charge in [-0.1, -0.05) is 0 Å². The van der Waals surface area contributed by atoms with Gasteiger partial charge in [0.05, 0.1) is 19.7 Å². The normalized spacial score (nSPS) is 11.6. The molecule has 118 valence electrons. The topological polar surface area (TPSA) is 48.4 Å². The van der Waals surface area contributed by atoms with Gasteiger partial charge >= 0.3 is 12.3 Å². The van der Waals surface area contributed by atoms with E-state index in [1.165, 1.54) is 0 Å². The molecule has 0 aliphatic carbocycles. The zero-order valence-corrected chi connectivity index (χ0v) is 11.3. The lowest BCUT2D eigenvalue weighted by atomic mass is 10.0. The van der Waals surface area contributed by atoms with Crippen molar-refractivity contribution in [1.29, 1.82) is 0 Å². The van der Waals surface area contributed by atoms with E-state index in [0.29, 0.717) is 6.20 Å². The van der Waals surface area contributed by atoms with Crippen LogP contribution in [0.5, 0.6) is 5.75 Å². The molecule has 0 bridgehead atoms. The molecular formula is C11H9ClF5NO3. The van der Waals surface area contributed by atoms with Gasteiger partial charge in [0.25, 0.3) is 6.43 Å². The maximum Gasteiger partial charge on any atom is 0.573 e. The number of ether oxygens (including phenoxy) is 2. The fraction of sp³-hybridized carbons (Fsp3) is 0.455. The summed E-state index contributed by atoms with van der Waals surface area (Å²) in [6, 6.07) is 0. The van der Waals surface area contributed by atoms with Crippen molar-refractivity contribution in [2.24, 2.45) is 0 Å². The maximum atomic E-state index is 12.8. The van der Waals surface area contributed by atoms with Gasteiger partial charge in [-0.2, -0.15) is 0 Å². The third kappa shape index (κ3) is 4.69. The molecule has 4 nitrogen and oxygen atoms in total. The van der Waals surface area contributed by atoms with E-state index < -0.39 is 48.1 Å². The standard InChI is InChI=1S/C11H9ClF5NO3/c1-20-8(19)2-5-6(3-12)9(10(13)14)18-4-7(5)21-11(15,16)17/h4,10H,2-3H2,1H3. The number of esters is 1. The van der Waals surface area contributed by atoms with Gasteiger partial charge in [0.1, 0.15) is 5.69 Å². The SMILES string of the molecule is COC(=O)Cc1c(OC(F)(F)F)cnc(C(F)F)c1CCl. The minimum Gasteiger partial charge on any atom is -0.469 e. The van der Waals surface area contributed by atoms with Crippen LogP contribution in [0.4, 0.5) is 22.0 Å². The van der Waals surface area contributed by atoms with Crippen molar-refractivity contribution in [3.8, 4) is 5.75 Å². The molecule has 0 aliphatic rings. The summed E-state index contributed by atoms with van der Waals surface area (Å²) in [4.78, 5) is 14.5. The first-order valence-electron chi connectivity index (χ1n) is 5.37. The Morgan fingerprint density at radius 1 is 1.38 bits per heavy atom. The Balaban J connectivity index is 3.39. The van der Waals surface area contributed by atoms with E-state index in [1.54, 1.807) is 0 Å². The van der Waals surface area contributed by atoms with E-state index in [9.17, 15) is 26.7 Å². The molecule has 1 heterocycles. The Hall–Kier alpha value is -1.64. The number of aromatic nitrogens is 1. The van der Waals surface area contributed by atoms with Gasteiger partial charge in [-0.25, -0.2) is 8.78 Å². The minimum atomic E-state index is -5.07. The van der Waals surface area contributed by atoms with Crippen LogP contribution < -0.4 is 4.74 Å². The molecule has 0 unspecified atom stereocenters. The predicted octanol–water partition coefficient (Wildman–Crippen LogP) is 3.37. The predicted molar refractivity (Wildman–Crippen MR) is 61.2 cm³/mol. The highest BCUT2D eigenvalue weighted by Crippen LogP contribution is 2.34. The highest BCUT2D eigenvalue weighted by Gasteiger charge is 2.34. The minimum absolute atomic E-state index is 0.390. The van der Waals surface area contributed by atoms with Gasteiger partial charge in [-0.3, -0.25) is 9.78 Å². The highest BCUT2D eigenvalue weighted by molar-refractivity contribution is 6.17. The van der Waals surface area contributed by atoms with Crippen LogP contribution in [0.25, 0.3) is 0 Å². The first-order valence-corrected chi connectivity index (χ1v) is 5.90. The zero-order valence-electron chi connectivity index (χ0n) is 10.5. The molecule has 21 heavy (non-hydrogen) atoms. The summed E-state index contributed by atoms with van der Waals surface area (Å²) < 4.78 is 70.4. The molecule has 0 N–H and O–H groups in total. The van der Waals surface area contributed by atoms with Crippen molar-refractivity contribution in [3.05, 3.63) is 23.0 Å². The number of nitrogens with zero attached hydrogens (tertiary/aromatic N) is 1. The molecule has 10 heteroatoms. The van der Waals surface area contributed by atoms with E-state index in [1.807, 2.05) is 0 Å². The Morgan fingerprint density at radius 3 is 2.43 bits per heavy atom. The average Bonchev–Trinajstić information content (AvgIpc) is 2.38. The second-order valence-corrected chi connectivity index (χ2v) is 3.97. The first-order chi connectivity index (χ1) is 9.69. The van der Waals surface area contributed by atoms with Crippen LogP contribution in [0.2, 0.25) is 0 Å². The number of alkyl halides is 6. The monoisotopic (exact) mass is 333 g/mol. The molecular weight excluding hydrogens is 325 g/mol. The molecule has 0 saturated heterocycles. The molecule has 0 fully saturated rings. The molecule has 0 aliphatic heterocycles. The van der Waals surface area contributed by atoms with Crippen molar-refractivity contribution in [2.75, 3.05) is 7.11 Å². The van der Waals surface area contributed by atoms with Crippen LogP contribution in [-0.2, 0) is 21.8 Å². The number of pyridine rings is 1. The fourth-order valence-corrected chi connectivity index (χ4v) is 1.85. The van der Waals surface area contributed by atoms with Crippen molar-refractivity contribution in [3.63, 3.8) is 0 Å². The van der Waals surface area contributed by atoms with E-state index in [-0.39, 0.29) is 5.56 Å². The number of hydrogen-bond acceptors (Lipinski definition) is 4. The van der Waals surface area contributed by atoms with E-state index >= 15 is 0 Å². The third-order valence-corrected chi connectivity index (χ3v) is 2.67. The Kier molecular flexibility index (Phi) is 5.70. The molecule has 0 aromatic carbocycles. The molecule has 0 amide bonds. The van der Waals surface area contributed by atoms with Gasteiger partial charge in [-0.05, 0) is 0 Å². The second kappa shape index (κ2) is 6.88. The largest absolute Gasteiger partial charge is 0.573 e. The summed E-state index contributed by atoms with van der Waals surface area (Å²) in [6.07, 6.45) is -8.35. The second-order valence-electron chi connectivity index (χ2n) is 3.70. The van der Waals surface area contributed by atoms with Gasteiger partial charge in [0.15, 0.2) is 5.75 Å². The highest BCUT2D eigenvalue weighted by atomic mass is 35.5. The Bertz CT molecular complexity index is 521. The number of halogens is 6. The van der Waals surface area contributed by atoms with Gasteiger partial charge in [-0.15, -0.1) is 24.8 Å². The van der Waals surface area contributed by atoms with Gasteiger partial charge in [0.2, 0.25) is 0 Å². The molecule has 1 rings (SSSR count). The summed E-state index contributed by atoms with van der Waals surface area (Å²) in [5, 5.41) is 0. The number of carbonyl (C=O) groups is 1. The molecule has 1 aromatic rings. The number of carbonyl (C=O) groups excluding carboxylic acids is 1. The van der Waals surface area contributed by atoms with Gasteiger partial charge in [0, 0.05) is 17.0 Å². The number of methoxy groups -OCH3 is 1. The Labute approximate surface area is 120 Å². The van der Waals surface area contributed by atoms with Gasteiger partial charge < -0.3 is 9.47 Å². The summed E-state index contributed by atoms with van der Waals surface area (Å²) >= 11 is 5.49. The first kappa shape index (κ1) is 17.4. The fourth-order valence-electron chi connectivity index (χ4n) is 1.55. The molecule has 0 atom stereocenters. The van der Waals surface area contributed by atoms with Crippen LogP contribution >= 0.6 is 11.6 Å². The van der Waals surface area contributed by atoms with Crippen molar-refractivity contribution >= 4 is 17.6 Å². The Morgan fingerprint density at radius 2 is 2.00 bits per heavy atom. The van der Waals surface area contributed by atoms with Crippen LogP contribution in [0.15, 0.2) is 6.20 Å². The zero-order chi connectivity index (χ0) is 16.2. The molecule has 0 radical (unpaired) electrons. The van der Waals surface area contributed by atoms with E-state index in [0.717, 1.165) is 7.11 Å². The third-order valence-electron chi connectivity index (χ3n) is 2.41. The lowest BCUT2D eigenvalue weighted by molar-refractivity contribution is -0.275. The smallest absolute Gasteiger partial charge is 0.469 e. The van der Waals surface area contributed by atoms with E-state index in [2.05, 4.69) is 14.5 Å². The number of rotatable bonds is 5. The van der Waals surface area contributed by atoms with Crippen LogP contribution in [0.1, 0.15) is 23.2 Å². The van der Waals surface area contributed by atoms with Crippen LogP contribution in [-0.4, -0.2) is 24.4 Å². The quantitative estimate of drug-likeness (QED) is 0.471. The molecule has 0 saturated carbocycles. The van der Waals surface area contributed by atoms with Crippen LogP contribution in [0.3, 0.4) is 0 Å². The van der Waals surface area contributed by atoms with E-state index in [4.69, 9.17) is 11.6 Å². The lowest BCUT2D eigenvalue weighted by Crippen LogP contribution is -2.20. The summed E-state index contributed by atoms with van der Waals surface area (Å²) in [5.74, 6) is -2.36. The molecule has 0 spiro atoms. The summed E-state index contributed by atoms with van der Waals surface area (Å²) in [7, 11) is 1.00. The van der Waals surface area contributed by atoms with Crippen molar-refractivity contribution in [1.82, 2.24) is 4.98 Å². The summed E-state index contributed by atoms with van der Waals surface area (Å²) in [6.45, 7) is 0. The van der Waals surface area contributed by atoms with Crippen molar-refractivity contribution in [2.45, 2.75) is 25.1 Å². The molecule has 1 aromatic heterocycles. The van der Waals surface area contributed by atoms with Crippen molar-refractivity contribution < 1.29 is 36.2 Å². The lowest BCUT2D eigenvalue weighted by Gasteiger charge is -2.17. The maximum absolute atomic E-state index is 12.8. The van der Waals surface area contributed by atoms with Crippen LogP contribution in [0, 0.1) is 0 Å². The summed E-state index contributed by atoms with van der Waals surface area (Å²) in [5.41, 5.74) is -1.63. The number of hydrogen-bond donors (Lipinski definition) is 0. The average molecular weight is 334 g/mol.